The van der Waals surface area contributed by atoms with E-state index < -0.39 is 0 Å². The van der Waals surface area contributed by atoms with Crippen LogP contribution in [0.15, 0.2) is 66.7 Å². The van der Waals surface area contributed by atoms with Crippen molar-refractivity contribution in [3.63, 3.8) is 0 Å². The van der Waals surface area contributed by atoms with Gasteiger partial charge in [0.25, 0.3) is 5.91 Å². The first-order valence-corrected chi connectivity index (χ1v) is 12.4. The lowest BCUT2D eigenvalue weighted by Gasteiger charge is -2.22. The van der Waals surface area contributed by atoms with E-state index in [1.165, 1.54) is 12.8 Å². The summed E-state index contributed by atoms with van der Waals surface area (Å²) in [7, 11) is 0. The van der Waals surface area contributed by atoms with Crippen LogP contribution in [0.2, 0.25) is 10.0 Å². The molecule has 0 aromatic heterocycles. The van der Waals surface area contributed by atoms with Gasteiger partial charge in [-0.2, -0.15) is 0 Å². The normalized spacial score (nSPS) is 14.6. The lowest BCUT2D eigenvalue weighted by molar-refractivity contribution is 0.0937. The van der Waals surface area contributed by atoms with Crippen molar-refractivity contribution in [1.82, 2.24) is 10.6 Å². The lowest BCUT2D eigenvalue weighted by atomic mass is 9.96. The van der Waals surface area contributed by atoms with Crippen LogP contribution in [0.1, 0.15) is 53.2 Å². The van der Waals surface area contributed by atoms with Gasteiger partial charge in [0.15, 0.2) is 0 Å². The molecular weight excluding hydrogens is 469 g/mol. The Morgan fingerprint density at radius 1 is 0.971 bits per heavy atom. The monoisotopic (exact) mass is 497 g/mol. The molecule has 3 aromatic carbocycles. The molecular formula is C27H29Cl2N3O2. The van der Waals surface area contributed by atoms with E-state index in [1.807, 2.05) is 48.5 Å². The minimum Gasteiger partial charge on any atom is -0.508 e. The molecule has 1 amide bonds. The zero-order valence-corrected chi connectivity index (χ0v) is 20.4. The Labute approximate surface area is 210 Å². The number of hydrogen-bond donors (Lipinski definition) is 4. The standard InChI is InChI=1S/C27H29Cl2N3O2/c28-22-12-6-13-23(25(22)29)30-15-16-31-26(21-11-3-4-14-24(21)33)18-7-5-8-19(17-18)27(34)32-20-9-1-2-10-20/h3-8,11-14,17,20,26,30-31,33H,1-2,9-10,15-16H2,(H,32,34). The summed E-state index contributed by atoms with van der Waals surface area (Å²) in [6.45, 7) is 1.17. The number of carbonyl (C=O) groups is 1. The smallest absolute Gasteiger partial charge is 0.251 e. The lowest BCUT2D eigenvalue weighted by Crippen LogP contribution is -2.33. The molecule has 34 heavy (non-hydrogen) atoms. The van der Waals surface area contributed by atoms with Gasteiger partial charge in [-0.1, -0.05) is 72.4 Å². The molecule has 1 fully saturated rings. The molecule has 0 saturated heterocycles. The number of hydrogen-bond acceptors (Lipinski definition) is 4. The maximum atomic E-state index is 12.8. The Bertz CT molecular complexity index is 1130. The van der Waals surface area contributed by atoms with E-state index in [2.05, 4.69) is 16.0 Å². The number of para-hydroxylation sites is 1. The van der Waals surface area contributed by atoms with E-state index in [-0.39, 0.29) is 23.7 Å². The van der Waals surface area contributed by atoms with Crippen molar-refractivity contribution in [2.45, 2.75) is 37.8 Å². The molecule has 1 aliphatic rings. The molecule has 4 N–H and O–H groups in total. The molecule has 0 spiro atoms. The maximum Gasteiger partial charge on any atom is 0.251 e. The number of carbonyl (C=O) groups excluding carboxylic acids is 1. The van der Waals surface area contributed by atoms with Crippen LogP contribution < -0.4 is 16.0 Å². The number of anilines is 1. The third-order valence-corrected chi connectivity index (χ3v) is 6.98. The zero-order chi connectivity index (χ0) is 23.9. The molecule has 1 saturated carbocycles. The molecule has 0 aliphatic heterocycles. The summed E-state index contributed by atoms with van der Waals surface area (Å²) < 4.78 is 0. The van der Waals surface area contributed by atoms with Crippen LogP contribution in [-0.4, -0.2) is 30.1 Å². The van der Waals surface area contributed by atoms with Crippen molar-refractivity contribution in [3.05, 3.63) is 93.5 Å². The van der Waals surface area contributed by atoms with Gasteiger partial charge in [0.2, 0.25) is 0 Å². The first-order valence-electron chi connectivity index (χ1n) is 11.6. The maximum absolute atomic E-state index is 12.8. The van der Waals surface area contributed by atoms with Crippen LogP contribution in [0, 0.1) is 0 Å². The zero-order valence-electron chi connectivity index (χ0n) is 18.9. The predicted molar refractivity (Wildman–Crippen MR) is 139 cm³/mol. The quantitative estimate of drug-likeness (QED) is 0.267. The minimum absolute atomic E-state index is 0.0537. The largest absolute Gasteiger partial charge is 0.508 e. The topological polar surface area (TPSA) is 73.4 Å². The van der Waals surface area contributed by atoms with E-state index in [0.717, 1.165) is 29.7 Å². The fourth-order valence-electron chi connectivity index (χ4n) is 4.39. The summed E-state index contributed by atoms with van der Waals surface area (Å²) in [5.74, 6) is 0.147. The van der Waals surface area contributed by atoms with Gasteiger partial charge in [0, 0.05) is 30.3 Å². The van der Waals surface area contributed by atoms with Gasteiger partial charge in [-0.05, 0) is 48.7 Å². The Balaban J connectivity index is 1.49. The number of phenols is 1. The average Bonchev–Trinajstić information content (AvgIpc) is 3.35. The predicted octanol–water partition coefficient (Wildman–Crippen LogP) is 6.16. The Morgan fingerprint density at radius 2 is 1.74 bits per heavy atom. The van der Waals surface area contributed by atoms with Crippen LogP contribution in [-0.2, 0) is 0 Å². The number of phenolic OH excluding ortho intramolecular Hbond substituents is 1. The number of rotatable bonds is 9. The third-order valence-electron chi connectivity index (χ3n) is 6.16. The van der Waals surface area contributed by atoms with E-state index >= 15 is 0 Å². The summed E-state index contributed by atoms with van der Waals surface area (Å²) >= 11 is 12.4. The number of halogens is 2. The van der Waals surface area contributed by atoms with Crippen molar-refractivity contribution < 1.29 is 9.90 Å². The first kappa shape index (κ1) is 24.4. The van der Waals surface area contributed by atoms with Crippen molar-refractivity contribution in [2.75, 3.05) is 18.4 Å². The van der Waals surface area contributed by atoms with Crippen molar-refractivity contribution >= 4 is 34.8 Å². The van der Waals surface area contributed by atoms with Gasteiger partial charge < -0.3 is 21.1 Å². The number of aromatic hydroxyl groups is 1. The highest BCUT2D eigenvalue weighted by Crippen LogP contribution is 2.31. The highest BCUT2D eigenvalue weighted by atomic mass is 35.5. The van der Waals surface area contributed by atoms with Crippen LogP contribution in [0.4, 0.5) is 5.69 Å². The first-order chi connectivity index (χ1) is 16.5. The van der Waals surface area contributed by atoms with Gasteiger partial charge in [0.05, 0.1) is 21.8 Å². The van der Waals surface area contributed by atoms with E-state index in [0.29, 0.717) is 28.7 Å². The minimum atomic E-state index is -0.294. The van der Waals surface area contributed by atoms with Crippen molar-refractivity contribution in [2.24, 2.45) is 0 Å². The fourth-order valence-corrected chi connectivity index (χ4v) is 4.76. The summed E-state index contributed by atoms with van der Waals surface area (Å²) in [4.78, 5) is 12.8. The molecule has 1 unspecified atom stereocenters. The molecule has 178 valence electrons. The SMILES string of the molecule is O=C(NC1CCCC1)c1cccc(C(NCCNc2cccc(Cl)c2Cl)c2ccccc2O)c1. The average molecular weight is 498 g/mol. The Kier molecular flexibility index (Phi) is 8.33. The van der Waals surface area contributed by atoms with Gasteiger partial charge >= 0.3 is 0 Å². The number of nitrogens with one attached hydrogen (secondary N) is 3. The summed E-state index contributed by atoms with van der Waals surface area (Å²) in [6.07, 6.45) is 4.41. The van der Waals surface area contributed by atoms with E-state index in [1.54, 1.807) is 18.2 Å². The second-order valence-corrected chi connectivity index (χ2v) is 9.34. The third kappa shape index (κ3) is 6.03. The van der Waals surface area contributed by atoms with Gasteiger partial charge in [-0.25, -0.2) is 0 Å². The molecule has 4 rings (SSSR count). The van der Waals surface area contributed by atoms with Gasteiger partial charge in [-0.15, -0.1) is 0 Å². The van der Waals surface area contributed by atoms with Gasteiger partial charge in [0.1, 0.15) is 5.75 Å². The van der Waals surface area contributed by atoms with Crippen LogP contribution in [0.25, 0.3) is 0 Å². The molecule has 5 nitrogen and oxygen atoms in total. The molecule has 3 aromatic rings. The number of amides is 1. The molecule has 1 atom stereocenters. The van der Waals surface area contributed by atoms with Crippen LogP contribution in [0.5, 0.6) is 5.75 Å². The molecule has 0 heterocycles. The van der Waals surface area contributed by atoms with Crippen molar-refractivity contribution in [3.8, 4) is 5.75 Å². The van der Waals surface area contributed by atoms with E-state index in [9.17, 15) is 9.90 Å². The molecule has 1 aliphatic carbocycles. The summed E-state index contributed by atoms with van der Waals surface area (Å²) in [5, 5.41) is 21.5. The highest BCUT2D eigenvalue weighted by molar-refractivity contribution is 6.43. The molecule has 7 heteroatoms. The van der Waals surface area contributed by atoms with E-state index in [4.69, 9.17) is 23.2 Å². The summed E-state index contributed by atoms with van der Waals surface area (Å²) in [5.41, 5.74) is 3.04. The molecule has 0 radical (unpaired) electrons. The van der Waals surface area contributed by atoms with Crippen LogP contribution >= 0.6 is 23.2 Å². The number of benzene rings is 3. The second-order valence-electron chi connectivity index (χ2n) is 8.55. The van der Waals surface area contributed by atoms with Gasteiger partial charge in [-0.3, -0.25) is 4.79 Å². The summed E-state index contributed by atoms with van der Waals surface area (Å²) in [6, 6.07) is 20.3. The molecule has 0 bridgehead atoms. The van der Waals surface area contributed by atoms with Crippen LogP contribution in [0.3, 0.4) is 0 Å². The Hall–Kier alpha value is -2.73. The highest BCUT2D eigenvalue weighted by Gasteiger charge is 2.21. The Morgan fingerprint density at radius 3 is 2.53 bits per heavy atom. The van der Waals surface area contributed by atoms with Crippen molar-refractivity contribution in [1.29, 1.82) is 0 Å². The second kappa shape index (κ2) is 11.6. The fraction of sp³-hybridized carbons (Fsp3) is 0.296.